The number of hydrogen-bond acceptors (Lipinski definition) is 3. The predicted octanol–water partition coefficient (Wildman–Crippen LogP) is 1.40. The van der Waals surface area contributed by atoms with Crippen LogP contribution in [-0.2, 0) is 17.8 Å². The summed E-state index contributed by atoms with van der Waals surface area (Å²) in [6, 6.07) is 7.90. The number of anilines is 1. The Balaban J connectivity index is 1.66. The van der Waals surface area contributed by atoms with E-state index in [9.17, 15) is 4.79 Å². The van der Waals surface area contributed by atoms with Crippen LogP contribution in [0, 0.1) is 0 Å². The molecule has 0 saturated heterocycles. The first kappa shape index (κ1) is 11.8. The van der Waals surface area contributed by atoms with Crippen molar-refractivity contribution in [3.63, 3.8) is 0 Å². The average Bonchev–Trinajstić information content (AvgIpc) is 3.05. The molecule has 1 aliphatic heterocycles. The summed E-state index contributed by atoms with van der Waals surface area (Å²) >= 11 is 0. The SMILES string of the molecule is CN(Cc1cn[nH]c1)C(=O)[C@@H]1Cc2ccccc2N1. The van der Waals surface area contributed by atoms with Crippen molar-refractivity contribution in [1.82, 2.24) is 15.1 Å². The molecular weight excluding hydrogens is 240 g/mol. The van der Waals surface area contributed by atoms with Crippen LogP contribution < -0.4 is 5.32 Å². The van der Waals surface area contributed by atoms with Crippen molar-refractivity contribution < 1.29 is 4.79 Å². The summed E-state index contributed by atoms with van der Waals surface area (Å²) in [5, 5.41) is 9.92. The number of aromatic amines is 1. The van der Waals surface area contributed by atoms with Crippen LogP contribution in [0.15, 0.2) is 36.7 Å². The Kier molecular flexibility index (Phi) is 2.95. The number of carbonyl (C=O) groups excluding carboxylic acids is 1. The number of fused-ring (bicyclic) bond motifs is 1. The molecule has 1 atom stereocenters. The molecule has 0 aliphatic carbocycles. The summed E-state index contributed by atoms with van der Waals surface area (Å²) in [5.74, 6) is 0.109. The molecule has 1 aromatic carbocycles. The van der Waals surface area contributed by atoms with Gasteiger partial charge in [0.05, 0.1) is 6.20 Å². The van der Waals surface area contributed by atoms with Crippen LogP contribution in [0.2, 0.25) is 0 Å². The van der Waals surface area contributed by atoms with Crippen molar-refractivity contribution in [2.45, 2.75) is 19.0 Å². The number of para-hydroxylation sites is 1. The standard InChI is InChI=1S/C14H16N4O/c1-18(9-10-7-15-16-8-10)14(19)13-6-11-4-2-3-5-12(11)17-13/h2-5,7-8,13,17H,6,9H2,1H3,(H,15,16)/t13-/m0/s1. The van der Waals surface area contributed by atoms with E-state index in [1.54, 1.807) is 17.3 Å². The van der Waals surface area contributed by atoms with E-state index >= 15 is 0 Å². The number of carbonyl (C=O) groups is 1. The molecule has 2 aromatic rings. The van der Waals surface area contributed by atoms with E-state index in [0.29, 0.717) is 6.54 Å². The third kappa shape index (κ3) is 2.31. The Morgan fingerprint density at radius 1 is 1.47 bits per heavy atom. The van der Waals surface area contributed by atoms with Crippen molar-refractivity contribution in [2.24, 2.45) is 0 Å². The van der Waals surface area contributed by atoms with Gasteiger partial charge >= 0.3 is 0 Å². The summed E-state index contributed by atoms with van der Waals surface area (Å²) in [6.07, 6.45) is 4.30. The molecule has 0 bridgehead atoms. The normalized spacial score (nSPS) is 16.8. The monoisotopic (exact) mass is 256 g/mol. The fourth-order valence-electron chi connectivity index (χ4n) is 2.43. The molecule has 0 saturated carbocycles. The van der Waals surface area contributed by atoms with Gasteiger partial charge in [-0.1, -0.05) is 18.2 Å². The molecule has 98 valence electrons. The van der Waals surface area contributed by atoms with Crippen LogP contribution in [-0.4, -0.2) is 34.1 Å². The van der Waals surface area contributed by atoms with E-state index in [-0.39, 0.29) is 11.9 Å². The van der Waals surface area contributed by atoms with Gasteiger partial charge in [-0.15, -0.1) is 0 Å². The Morgan fingerprint density at radius 3 is 3.05 bits per heavy atom. The smallest absolute Gasteiger partial charge is 0.245 e. The fraction of sp³-hybridized carbons (Fsp3) is 0.286. The lowest BCUT2D eigenvalue weighted by molar-refractivity contribution is -0.131. The van der Waals surface area contributed by atoms with E-state index < -0.39 is 0 Å². The van der Waals surface area contributed by atoms with E-state index in [4.69, 9.17) is 0 Å². The van der Waals surface area contributed by atoms with Gasteiger partial charge in [-0.25, -0.2) is 0 Å². The highest BCUT2D eigenvalue weighted by atomic mass is 16.2. The summed E-state index contributed by atoms with van der Waals surface area (Å²) < 4.78 is 0. The maximum Gasteiger partial charge on any atom is 0.245 e. The summed E-state index contributed by atoms with van der Waals surface area (Å²) in [6.45, 7) is 0.573. The van der Waals surface area contributed by atoms with Crippen molar-refractivity contribution in [3.05, 3.63) is 47.8 Å². The second-order valence-corrected chi connectivity index (χ2v) is 4.86. The van der Waals surface area contributed by atoms with Crippen LogP contribution in [0.5, 0.6) is 0 Å². The minimum absolute atomic E-state index is 0.109. The lowest BCUT2D eigenvalue weighted by Crippen LogP contribution is -2.39. The van der Waals surface area contributed by atoms with Gasteiger partial charge < -0.3 is 10.2 Å². The molecule has 0 spiro atoms. The van der Waals surface area contributed by atoms with Crippen LogP contribution in [0.3, 0.4) is 0 Å². The first-order chi connectivity index (χ1) is 9.24. The first-order valence-corrected chi connectivity index (χ1v) is 6.31. The zero-order chi connectivity index (χ0) is 13.2. The fourth-order valence-corrected chi connectivity index (χ4v) is 2.43. The molecule has 5 nitrogen and oxygen atoms in total. The third-order valence-electron chi connectivity index (χ3n) is 3.42. The number of amides is 1. The van der Waals surface area contributed by atoms with Gasteiger partial charge in [-0.2, -0.15) is 5.10 Å². The number of H-pyrrole nitrogens is 1. The highest BCUT2D eigenvalue weighted by molar-refractivity contribution is 5.87. The number of nitrogens with zero attached hydrogens (tertiary/aromatic N) is 2. The van der Waals surface area contributed by atoms with Gasteiger partial charge in [0.1, 0.15) is 6.04 Å². The summed E-state index contributed by atoms with van der Waals surface area (Å²) in [5.41, 5.74) is 3.28. The Morgan fingerprint density at radius 2 is 2.32 bits per heavy atom. The van der Waals surface area contributed by atoms with E-state index in [0.717, 1.165) is 17.7 Å². The van der Waals surface area contributed by atoms with E-state index in [1.165, 1.54) is 5.56 Å². The number of benzene rings is 1. The molecule has 0 radical (unpaired) electrons. The van der Waals surface area contributed by atoms with Crippen molar-refractivity contribution >= 4 is 11.6 Å². The molecule has 2 N–H and O–H groups in total. The molecule has 3 rings (SSSR count). The van der Waals surface area contributed by atoms with Gasteiger partial charge in [0.25, 0.3) is 0 Å². The number of aromatic nitrogens is 2. The van der Waals surface area contributed by atoms with Crippen molar-refractivity contribution in [2.75, 3.05) is 12.4 Å². The largest absolute Gasteiger partial charge is 0.373 e. The number of hydrogen-bond donors (Lipinski definition) is 2. The molecule has 5 heteroatoms. The minimum Gasteiger partial charge on any atom is -0.373 e. The third-order valence-corrected chi connectivity index (χ3v) is 3.42. The molecule has 2 heterocycles. The van der Waals surface area contributed by atoms with Gasteiger partial charge in [0.15, 0.2) is 0 Å². The molecule has 1 aromatic heterocycles. The second kappa shape index (κ2) is 4.76. The summed E-state index contributed by atoms with van der Waals surface area (Å²) in [7, 11) is 1.82. The maximum absolute atomic E-state index is 12.4. The Labute approximate surface area is 111 Å². The lowest BCUT2D eigenvalue weighted by atomic mass is 10.1. The van der Waals surface area contributed by atoms with Crippen molar-refractivity contribution in [3.8, 4) is 0 Å². The topological polar surface area (TPSA) is 61.0 Å². The highest BCUT2D eigenvalue weighted by Gasteiger charge is 2.28. The lowest BCUT2D eigenvalue weighted by Gasteiger charge is -2.20. The first-order valence-electron chi connectivity index (χ1n) is 6.31. The van der Waals surface area contributed by atoms with E-state index in [2.05, 4.69) is 21.6 Å². The van der Waals surface area contributed by atoms with Crippen LogP contribution >= 0.6 is 0 Å². The Bertz CT molecular complexity index is 554. The zero-order valence-corrected chi connectivity index (χ0v) is 10.8. The number of nitrogens with one attached hydrogen (secondary N) is 2. The predicted molar refractivity (Wildman–Crippen MR) is 72.6 cm³/mol. The Hall–Kier alpha value is -2.30. The van der Waals surface area contributed by atoms with Crippen LogP contribution in [0.4, 0.5) is 5.69 Å². The zero-order valence-electron chi connectivity index (χ0n) is 10.8. The maximum atomic E-state index is 12.4. The van der Waals surface area contributed by atoms with Gasteiger partial charge in [0.2, 0.25) is 5.91 Å². The quantitative estimate of drug-likeness (QED) is 0.872. The highest BCUT2D eigenvalue weighted by Crippen LogP contribution is 2.26. The van der Waals surface area contributed by atoms with Crippen LogP contribution in [0.25, 0.3) is 0 Å². The minimum atomic E-state index is -0.158. The molecule has 0 unspecified atom stereocenters. The molecular formula is C14H16N4O. The van der Waals surface area contributed by atoms with Crippen molar-refractivity contribution in [1.29, 1.82) is 0 Å². The van der Waals surface area contributed by atoms with Gasteiger partial charge in [-0.3, -0.25) is 9.89 Å². The summed E-state index contributed by atoms with van der Waals surface area (Å²) in [4.78, 5) is 14.1. The molecule has 0 fully saturated rings. The van der Waals surface area contributed by atoms with Gasteiger partial charge in [-0.05, 0) is 11.6 Å². The molecule has 19 heavy (non-hydrogen) atoms. The van der Waals surface area contributed by atoms with Gasteiger partial charge in [0, 0.05) is 37.5 Å². The van der Waals surface area contributed by atoms with E-state index in [1.807, 2.05) is 25.2 Å². The number of rotatable bonds is 3. The van der Waals surface area contributed by atoms with Crippen LogP contribution in [0.1, 0.15) is 11.1 Å². The molecule has 1 aliphatic rings. The number of likely N-dealkylation sites (N-methyl/N-ethyl adjacent to an activating group) is 1. The second-order valence-electron chi connectivity index (χ2n) is 4.86. The average molecular weight is 256 g/mol. The molecule has 1 amide bonds.